The topological polar surface area (TPSA) is 298 Å². The molecule has 0 saturated carbocycles. The van der Waals surface area contributed by atoms with E-state index in [1.165, 1.54) is 25.3 Å². The number of carbonyl (C=O) groups excluding carboxylic acids is 2. The van der Waals surface area contributed by atoms with Crippen molar-refractivity contribution >= 4 is 95.3 Å². The molecular weight excluding hydrogens is 1000 g/mol. The SMILES string of the molecule is COc1nc(C)nc(NC(=O)NS(=O)(=O)c2ccccc2Cl)n1.CS(=O)(=O)NC(=O)c1cc(Oc2ccc(C(F)(F)F)cc2Cl)ccc1[N+](=O)[O-].O=C(O)COc1ccc(Cl)c2cccnc12. The number of fused-ring (bicyclic) bond motifs is 1. The Balaban J connectivity index is 0.000000227. The molecule has 2 aromatic heterocycles. The van der Waals surface area contributed by atoms with Crippen molar-refractivity contribution in [2.75, 3.05) is 25.3 Å². The van der Waals surface area contributed by atoms with Crippen LogP contribution in [-0.2, 0) is 31.0 Å². The largest absolute Gasteiger partial charge is 0.480 e. The van der Waals surface area contributed by atoms with E-state index >= 15 is 0 Å². The van der Waals surface area contributed by atoms with Gasteiger partial charge in [-0.2, -0.15) is 28.1 Å². The lowest BCUT2D eigenvalue weighted by molar-refractivity contribution is -0.385. The summed E-state index contributed by atoms with van der Waals surface area (Å²) in [6.07, 6.45) is -2.34. The molecule has 6 aromatic rings. The highest BCUT2D eigenvalue weighted by Crippen LogP contribution is 2.37. The Bertz CT molecular complexity index is 3080. The number of pyridine rings is 1. The standard InChI is InChI=1S/C15H10ClF3N2O6S.C12H12ClN5O4S.C11H8ClNO3/c1-28(25,26)20-14(22)10-7-9(3-4-12(10)21(23)24)27-13-5-2-8(6-11(13)16)15(17,18)19;1-7-14-10(17-12(15-7)22-2)16-11(19)18-23(20,21)9-6-4-3-5-8(9)13;12-8-3-4-9(16-6-10(14)15)11-7(8)2-1-5-13-11/h2-7H,1H3,(H,20,22);3-6H,1-2H3,(H2,14,15,16,17,18,19);1-5H,6H2,(H,14,15). The van der Waals surface area contributed by atoms with Crippen LogP contribution in [0.4, 0.5) is 29.6 Å². The van der Waals surface area contributed by atoms with Crippen molar-refractivity contribution < 1.29 is 68.6 Å². The molecule has 6 rings (SSSR count). The van der Waals surface area contributed by atoms with E-state index in [1.807, 2.05) is 4.72 Å². The maximum atomic E-state index is 12.7. The molecular formula is C38H30Cl3F3N8O13S2. The number of urea groups is 1. The van der Waals surface area contributed by atoms with E-state index in [0.717, 1.165) is 29.7 Å². The number of halogens is 6. The van der Waals surface area contributed by atoms with Gasteiger partial charge >= 0.3 is 24.2 Å². The molecule has 29 heteroatoms. The zero-order valence-electron chi connectivity index (χ0n) is 34.0. The van der Waals surface area contributed by atoms with Gasteiger partial charge in [-0.25, -0.2) is 35.9 Å². The number of sulfonamides is 2. The molecule has 0 spiro atoms. The highest BCUT2D eigenvalue weighted by molar-refractivity contribution is 7.90. The average molecular weight is 1030 g/mol. The minimum Gasteiger partial charge on any atom is -0.480 e. The van der Waals surface area contributed by atoms with Gasteiger partial charge in [0.1, 0.15) is 39.0 Å². The molecule has 0 aliphatic heterocycles. The highest BCUT2D eigenvalue weighted by Gasteiger charge is 2.31. The summed E-state index contributed by atoms with van der Waals surface area (Å²) in [7, 11) is -6.79. The number of aryl methyl sites for hydroxylation is 1. The number of carbonyl (C=O) groups is 3. The van der Waals surface area contributed by atoms with Crippen LogP contribution in [-0.4, -0.2) is 84.7 Å². The van der Waals surface area contributed by atoms with Crippen LogP contribution < -0.4 is 29.0 Å². The normalized spacial score (nSPS) is 11.1. The number of benzene rings is 4. The molecule has 0 aliphatic carbocycles. The molecule has 0 saturated heterocycles. The summed E-state index contributed by atoms with van der Waals surface area (Å²) in [5.41, 5.74) is -1.78. The molecule has 3 amide bonds. The smallest absolute Gasteiger partial charge is 0.416 e. The molecule has 0 atom stereocenters. The molecule has 0 radical (unpaired) electrons. The van der Waals surface area contributed by atoms with E-state index in [0.29, 0.717) is 40.5 Å². The summed E-state index contributed by atoms with van der Waals surface area (Å²) in [5.74, 6) is -2.15. The summed E-state index contributed by atoms with van der Waals surface area (Å²) < 4.78 is 103. The maximum absolute atomic E-state index is 12.7. The van der Waals surface area contributed by atoms with Gasteiger partial charge in [0.05, 0.1) is 38.9 Å². The van der Waals surface area contributed by atoms with Gasteiger partial charge in [0, 0.05) is 23.7 Å². The molecule has 0 fully saturated rings. The molecule has 67 heavy (non-hydrogen) atoms. The second kappa shape index (κ2) is 22.4. The number of nitrogens with one attached hydrogen (secondary N) is 3. The van der Waals surface area contributed by atoms with Crippen molar-refractivity contribution in [3.8, 4) is 23.3 Å². The number of methoxy groups -OCH3 is 1. The van der Waals surface area contributed by atoms with Gasteiger partial charge < -0.3 is 19.3 Å². The van der Waals surface area contributed by atoms with Crippen LogP contribution in [0.3, 0.4) is 0 Å². The number of ether oxygens (including phenoxy) is 3. The molecule has 4 N–H and O–H groups in total. The van der Waals surface area contributed by atoms with Crippen LogP contribution in [0.25, 0.3) is 10.9 Å². The van der Waals surface area contributed by atoms with Gasteiger partial charge in [-0.1, -0.05) is 46.9 Å². The number of amides is 3. The number of carboxylic acids is 1. The van der Waals surface area contributed by atoms with E-state index in [9.17, 15) is 54.5 Å². The first-order valence-electron chi connectivity index (χ1n) is 17.9. The maximum Gasteiger partial charge on any atom is 0.416 e. The first-order valence-corrected chi connectivity index (χ1v) is 22.4. The number of alkyl halides is 3. The lowest BCUT2D eigenvalue weighted by atomic mass is 10.1. The minimum atomic E-state index is -4.62. The number of nitrogens with zero attached hydrogens (tertiary/aromatic N) is 5. The number of aromatic nitrogens is 4. The third kappa shape index (κ3) is 15.5. The number of nitro groups is 1. The van der Waals surface area contributed by atoms with Gasteiger partial charge in [-0.05, 0) is 67.6 Å². The van der Waals surface area contributed by atoms with Crippen LogP contribution in [0.5, 0.6) is 23.3 Å². The lowest BCUT2D eigenvalue weighted by Crippen LogP contribution is -2.35. The third-order valence-corrected chi connectivity index (χ3v) is 10.7. The van der Waals surface area contributed by atoms with Gasteiger partial charge in [0.2, 0.25) is 16.0 Å². The van der Waals surface area contributed by atoms with E-state index in [1.54, 1.807) is 48.2 Å². The molecule has 0 bridgehead atoms. The second-order valence-electron chi connectivity index (χ2n) is 12.7. The Morgan fingerprint density at radius 3 is 2.15 bits per heavy atom. The Labute approximate surface area is 391 Å². The Morgan fingerprint density at radius 2 is 1.54 bits per heavy atom. The number of carboxylic acid groups (broad SMARTS) is 1. The summed E-state index contributed by atoms with van der Waals surface area (Å²) in [5, 5.41) is 22.7. The molecule has 4 aromatic carbocycles. The van der Waals surface area contributed by atoms with Crippen molar-refractivity contribution in [3.05, 3.63) is 133 Å². The third-order valence-electron chi connectivity index (χ3n) is 7.69. The van der Waals surface area contributed by atoms with Crippen molar-refractivity contribution in [2.24, 2.45) is 0 Å². The predicted octanol–water partition coefficient (Wildman–Crippen LogP) is 7.45. The zero-order chi connectivity index (χ0) is 49.9. The van der Waals surface area contributed by atoms with Crippen molar-refractivity contribution in [1.82, 2.24) is 29.4 Å². The Morgan fingerprint density at radius 1 is 0.851 bits per heavy atom. The fourth-order valence-electron chi connectivity index (χ4n) is 4.97. The van der Waals surface area contributed by atoms with Crippen molar-refractivity contribution in [2.45, 2.75) is 18.0 Å². The van der Waals surface area contributed by atoms with Gasteiger partial charge in [-0.15, -0.1) is 0 Å². The minimum absolute atomic E-state index is 0.00882. The molecule has 354 valence electrons. The number of hydrogen-bond acceptors (Lipinski definition) is 16. The van der Waals surface area contributed by atoms with Crippen LogP contribution in [0.2, 0.25) is 15.1 Å². The zero-order valence-corrected chi connectivity index (χ0v) is 37.9. The number of nitro benzene ring substituents is 1. The van der Waals surface area contributed by atoms with Gasteiger partial charge in [0.15, 0.2) is 6.61 Å². The van der Waals surface area contributed by atoms with Gasteiger partial charge in [-0.3, -0.25) is 25.2 Å². The monoisotopic (exact) mass is 1030 g/mol. The fourth-order valence-corrected chi connectivity index (χ4v) is 7.28. The number of anilines is 1. The van der Waals surface area contributed by atoms with Crippen LogP contribution in [0, 0.1) is 17.0 Å². The lowest BCUT2D eigenvalue weighted by Gasteiger charge is -2.12. The average Bonchev–Trinajstić information content (AvgIpc) is 3.23. The van der Waals surface area contributed by atoms with E-state index in [-0.39, 0.29) is 33.4 Å². The van der Waals surface area contributed by atoms with E-state index in [4.69, 9.17) is 54.1 Å². The fraction of sp³-hybridized carbons (Fsp3) is 0.132. The number of aliphatic carboxylic acids is 1. The highest BCUT2D eigenvalue weighted by atomic mass is 35.5. The first kappa shape index (κ1) is 52.5. The molecule has 0 aliphatic rings. The van der Waals surface area contributed by atoms with Gasteiger partial charge in [0.25, 0.3) is 21.6 Å². The first-order chi connectivity index (χ1) is 31.3. The summed E-state index contributed by atoms with van der Waals surface area (Å²) in [6, 6.07) is 16.6. The van der Waals surface area contributed by atoms with Crippen LogP contribution >= 0.6 is 34.8 Å². The summed E-state index contributed by atoms with van der Waals surface area (Å²) in [4.78, 5) is 59.8. The second-order valence-corrected chi connectivity index (χ2v) is 17.3. The van der Waals surface area contributed by atoms with Crippen LogP contribution in [0.15, 0.2) is 96.0 Å². The van der Waals surface area contributed by atoms with E-state index in [2.05, 4.69) is 25.3 Å². The molecule has 0 unspecified atom stereocenters. The summed E-state index contributed by atoms with van der Waals surface area (Å²) >= 11 is 17.6. The van der Waals surface area contributed by atoms with Crippen LogP contribution in [0.1, 0.15) is 21.7 Å². The Kier molecular flexibility index (Phi) is 17.5. The predicted molar refractivity (Wildman–Crippen MR) is 234 cm³/mol. The summed E-state index contributed by atoms with van der Waals surface area (Å²) in [6.45, 7) is 1.17. The van der Waals surface area contributed by atoms with E-state index < -0.39 is 77.5 Å². The molecule has 21 nitrogen and oxygen atoms in total. The van der Waals surface area contributed by atoms with Crippen molar-refractivity contribution in [3.63, 3.8) is 0 Å². The number of rotatable bonds is 12. The quantitative estimate of drug-likeness (QED) is 0.0683. The number of hydrogen-bond donors (Lipinski definition) is 4. The molecule has 2 heterocycles. The Hall–Kier alpha value is -7.13. The van der Waals surface area contributed by atoms with Crippen molar-refractivity contribution in [1.29, 1.82) is 0 Å².